The highest BCUT2D eigenvalue weighted by atomic mass is 16.5. The van der Waals surface area contributed by atoms with Gasteiger partial charge in [0.2, 0.25) is 5.89 Å². The van der Waals surface area contributed by atoms with Crippen LogP contribution in [0.25, 0.3) is 0 Å². The SMILES string of the molecule is CC(C)(C)c1nc(CN2CC(c3ccncc3)C2)no1. The lowest BCUT2D eigenvalue weighted by molar-refractivity contribution is 0.134. The second-order valence-corrected chi connectivity index (χ2v) is 6.44. The van der Waals surface area contributed by atoms with E-state index in [0.29, 0.717) is 11.8 Å². The van der Waals surface area contributed by atoms with E-state index in [4.69, 9.17) is 4.52 Å². The Morgan fingerprint density at radius 2 is 1.95 bits per heavy atom. The fourth-order valence-corrected chi connectivity index (χ4v) is 2.37. The molecule has 1 aliphatic heterocycles. The van der Waals surface area contributed by atoms with Crippen LogP contribution in [0.2, 0.25) is 0 Å². The van der Waals surface area contributed by atoms with Crippen LogP contribution in [0.15, 0.2) is 29.0 Å². The Bertz CT molecular complexity index is 567. The van der Waals surface area contributed by atoms with Gasteiger partial charge in [-0.25, -0.2) is 0 Å². The van der Waals surface area contributed by atoms with E-state index in [2.05, 4.69) is 52.9 Å². The van der Waals surface area contributed by atoms with E-state index in [1.165, 1.54) is 5.56 Å². The van der Waals surface area contributed by atoms with E-state index in [9.17, 15) is 0 Å². The predicted molar refractivity (Wildman–Crippen MR) is 75.3 cm³/mol. The van der Waals surface area contributed by atoms with E-state index in [1.807, 2.05) is 12.4 Å². The standard InChI is InChI=1S/C15H20N4O/c1-15(2,3)14-17-13(18-20-14)10-19-8-12(9-19)11-4-6-16-7-5-11/h4-7,12H,8-10H2,1-3H3. The van der Waals surface area contributed by atoms with Crippen molar-refractivity contribution < 1.29 is 4.52 Å². The Kier molecular flexibility index (Phi) is 3.30. The lowest BCUT2D eigenvalue weighted by atomic mass is 9.92. The maximum Gasteiger partial charge on any atom is 0.232 e. The fourth-order valence-electron chi connectivity index (χ4n) is 2.37. The van der Waals surface area contributed by atoms with Crippen molar-refractivity contribution in [2.45, 2.75) is 38.6 Å². The van der Waals surface area contributed by atoms with Crippen LogP contribution in [-0.2, 0) is 12.0 Å². The van der Waals surface area contributed by atoms with Gasteiger partial charge in [-0.05, 0) is 17.7 Å². The molecule has 1 aliphatic rings. The molecule has 0 N–H and O–H groups in total. The van der Waals surface area contributed by atoms with Crippen LogP contribution in [-0.4, -0.2) is 33.1 Å². The molecular formula is C15H20N4O. The number of likely N-dealkylation sites (tertiary alicyclic amines) is 1. The molecule has 0 spiro atoms. The highest BCUT2D eigenvalue weighted by Crippen LogP contribution is 2.28. The molecule has 20 heavy (non-hydrogen) atoms. The van der Waals surface area contributed by atoms with Crippen molar-refractivity contribution in [3.05, 3.63) is 41.8 Å². The molecular weight excluding hydrogens is 252 g/mol. The minimum atomic E-state index is -0.0836. The second kappa shape index (κ2) is 4.98. The molecule has 1 fully saturated rings. The Balaban J connectivity index is 1.55. The maximum atomic E-state index is 5.31. The van der Waals surface area contributed by atoms with Gasteiger partial charge in [0.15, 0.2) is 5.82 Å². The van der Waals surface area contributed by atoms with E-state index < -0.39 is 0 Å². The molecule has 0 radical (unpaired) electrons. The molecule has 5 nitrogen and oxygen atoms in total. The van der Waals surface area contributed by atoms with Gasteiger partial charge in [-0.1, -0.05) is 25.9 Å². The Morgan fingerprint density at radius 3 is 2.55 bits per heavy atom. The van der Waals surface area contributed by atoms with Crippen LogP contribution in [0.4, 0.5) is 0 Å². The van der Waals surface area contributed by atoms with Crippen LogP contribution in [0.1, 0.15) is 44.0 Å². The smallest absolute Gasteiger partial charge is 0.232 e. The molecule has 0 aliphatic carbocycles. The van der Waals surface area contributed by atoms with Gasteiger partial charge in [-0.2, -0.15) is 4.98 Å². The van der Waals surface area contributed by atoms with Crippen molar-refractivity contribution in [1.29, 1.82) is 0 Å². The largest absolute Gasteiger partial charge is 0.339 e. The van der Waals surface area contributed by atoms with Crippen molar-refractivity contribution in [3.8, 4) is 0 Å². The summed E-state index contributed by atoms with van der Waals surface area (Å²) in [5.74, 6) is 2.09. The minimum Gasteiger partial charge on any atom is -0.339 e. The average Bonchev–Trinajstić information content (AvgIpc) is 2.83. The summed E-state index contributed by atoms with van der Waals surface area (Å²) in [5.41, 5.74) is 1.28. The number of hydrogen-bond acceptors (Lipinski definition) is 5. The molecule has 1 saturated heterocycles. The molecule has 0 bridgehead atoms. The van der Waals surface area contributed by atoms with Crippen LogP contribution >= 0.6 is 0 Å². The number of pyridine rings is 1. The lowest BCUT2D eigenvalue weighted by Gasteiger charge is -2.38. The van der Waals surface area contributed by atoms with Crippen LogP contribution in [0.3, 0.4) is 0 Å². The normalized spacial score (nSPS) is 17.1. The summed E-state index contributed by atoms with van der Waals surface area (Å²) in [7, 11) is 0. The van der Waals surface area contributed by atoms with Gasteiger partial charge in [-0.15, -0.1) is 0 Å². The van der Waals surface area contributed by atoms with Crippen molar-refractivity contribution in [2.24, 2.45) is 0 Å². The highest BCUT2D eigenvalue weighted by molar-refractivity contribution is 5.19. The molecule has 106 valence electrons. The van der Waals surface area contributed by atoms with Crippen LogP contribution < -0.4 is 0 Å². The zero-order valence-corrected chi connectivity index (χ0v) is 12.2. The van der Waals surface area contributed by atoms with Gasteiger partial charge in [0.25, 0.3) is 0 Å². The first kappa shape index (κ1) is 13.2. The first-order chi connectivity index (χ1) is 9.52. The van der Waals surface area contributed by atoms with E-state index in [-0.39, 0.29) is 5.41 Å². The summed E-state index contributed by atoms with van der Waals surface area (Å²) < 4.78 is 5.31. The second-order valence-electron chi connectivity index (χ2n) is 6.44. The third-order valence-electron chi connectivity index (χ3n) is 3.61. The summed E-state index contributed by atoms with van der Waals surface area (Å²) in [4.78, 5) is 10.9. The number of aromatic nitrogens is 3. The molecule has 0 atom stereocenters. The summed E-state index contributed by atoms with van der Waals surface area (Å²) in [6.07, 6.45) is 3.71. The third kappa shape index (κ3) is 2.72. The Morgan fingerprint density at radius 1 is 1.25 bits per heavy atom. The summed E-state index contributed by atoms with van der Waals surface area (Å²) >= 11 is 0. The molecule has 2 aromatic rings. The zero-order valence-electron chi connectivity index (χ0n) is 12.2. The van der Waals surface area contributed by atoms with Gasteiger partial charge in [0, 0.05) is 36.8 Å². The molecule has 3 rings (SSSR count). The zero-order chi connectivity index (χ0) is 14.2. The van der Waals surface area contributed by atoms with Gasteiger partial charge in [-0.3, -0.25) is 9.88 Å². The van der Waals surface area contributed by atoms with Gasteiger partial charge >= 0.3 is 0 Å². The fraction of sp³-hybridized carbons (Fsp3) is 0.533. The molecule has 0 unspecified atom stereocenters. The van der Waals surface area contributed by atoms with Crippen LogP contribution in [0, 0.1) is 0 Å². The highest BCUT2D eigenvalue weighted by Gasteiger charge is 2.29. The maximum absolute atomic E-state index is 5.31. The van der Waals surface area contributed by atoms with Crippen molar-refractivity contribution in [1.82, 2.24) is 20.0 Å². The molecule has 2 aromatic heterocycles. The van der Waals surface area contributed by atoms with Gasteiger partial charge in [0.05, 0.1) is 6.54 Å². The molecule has 0 saturated carbocycles. The quantitative estimate of drug-likeness (QED) is 0.858. The molecule has 0 aromatic carbocycles. The molecule has 5 heteroatoms. The van der Waals surface area contributed by atoms with Crippen molar-refractivity contribution >= 4 is 0 Å². The summed E-state index contributed by atoms with van der Waals surface area (Å²) in [6, 6.07) is 4.18. The van der Waals surface area contributed by atoms with Crippen molar-refractivity contribution in [3.63, 3.8) is 0 Å². The Labute approximate surface area is 119 Å². The van der Waals surface area contributed by atoms with E-state index >= 15 is 0 Å². The summed E-state index contributed by atoms with van der Waals surface area (Å²) in [6.45, 7) is 9.09. The monoisotopic (exact) mass is 272 g/mol. The predicted octanol–water partition coefficient (Wildman–Crippen LogP) is 2.36. The van der Waals surface area contributed by atoms with E-state index in [0.717, 1.165) is 25.5 Å². The first-order valence-electron chi connectivity index (χ1n) is 6.98. The minimum absolute atomic E-state index is 0.0836. The Hall–Kier alpha value is -1.75. The third-order valence-corrected chi connectivity index (χ3v) is 3.61. The van der Waals surface area contributed by atoms with Gasteiger partial charge in [0.1, 0.15) is 0 Å². The van der Waals surface area contributed by atoms with Crippen molar-refractivity contribution in [2.75, 3.05) is 13.1 Å². The van der Waals surface area contributed by atoms with Crippen LogP contribution in [0.5, 0.6) is 0 Å². The first-order valence-corrected chi connectivity index (χ1v) is 6.98. The molecule has 0 amide bonds. The number of rotatable bonds is 3. The van der Waals surface area contributed by atoms with E-state index in [1.54, 1.807) is 0 Å². The molecule has 3 heterocycles. The number of nitrogens with zero attached hydrogens (tertiary/aromatic N) is 4. The summed E-state index contributed by atoms with van der Waals surface area (Å²) in [5, 5.41) is 4.06. The van der Waals surface area contributed by atoms with Gasteiger partial charge < -0.3 is 4.52 Å². The number of hydrogen-bond donors (Lipinski definition) is 0. The average molecular weight is 272 g/mol. The lowest BCUT2D eigenvalue weighted by Crippen LogP contribution is -2.44. The topological polar surface area (TPSA) is 55.1 Å².